The van der Waals surface area contributed by atoms with E-state index in [0.717, 1.165) is 0 Å². The number of carbonyl (C=O) groups is 1. The predicted octanol–water partition coefficient (Wildman–Crippen LogP) is 0.181. The Bertz CT molecular complexity index is 301. The van der Waals surface area contributed by atoms with Gasteiger partial charge in [-0.15, -0.1) is 0 Å². The lowest BCUT2D eigenvalue weighted by Gasteiger charge is -2.39. The third-order valence-electron chi connectivity index (χ3n) is 3.25. The van der Waals surface area contributed by atoms with Gasteiger partial charge < -0.3 is 0 Å². The number of alkyl halides is 3. The van der Waals surface area contributed by atoms with E-state index in [-0.39, 0.29) is 11.8 Å². The number of nitrogens with two attached hydrogens (primary N) is 1. The Hall–Kier alpha value is -0.860. The van der Waals surface area contributed by atoms with Gasteiger partial charge in [0, 0.05) is 26.2 Å². The first-order chi connectivity index (χ1) is 8.74. The quantitative estimate of drug-likeness (QED) is 0.439. The highest BCUT2D eigenvalue weighted by atomic mass is 19.4. The number of hydrogen-bond acceptors (Lipinski definition) is 4. The molecule has 0 aromatic rings. The largest absolute Gasteiger partial charge is 0.401 e. The van der Waals surface area contributed by atoms with E-state index in [9.17, 15) is 18.0 Å². The van der Waals surface area contributed by atoms with E-state index >= 15 is 0 Å². The summed E-state index contributed by atoms with van der Waals surface area (Å²) in [6.45, 7) is 4.38. The molecule has 0 radical (unpaired) electrons. The first-order valence-corrected chi connectivity index (χ1v) is 6.28. The van der Waals surface area contributed by atoms with Crippen LogP contribution in [0.25, 0.3) is 0 Å². The highest BCUT2D eigenvalue weighted by Gasteiger charge is 2.35. The van der Waals surface area contributed by atoms with Gasteiger partial charge in [0.1, 0.15) is 0 Å². The Balaban J connectivity index is 2.54. The molecule has 1 aliphatic heterocycles. The van der Waals surface area contributed by atoms with Crippen LogP contribution >= 0.6 is 0 Å². The molecule has 1 unspecified atom stereocenters. The Morgan fingerprint density at radius 2 is 1.79 bits per heavy atom. The van der Waals surface area contributed by atoms with Gasteiger partial charge in [0.25, 0.3) is 5.91 Å². The maximum absolute atomic E-state index is 12.3. The maximum Gasteiger partial charge on any atom is 0.401 e. The smallest absolute Gasteiger partial charge is 0.293 e. The molecule has 3 N–H and O–H groups in total. The van der Waals surface area contributed by atoms with Crippen molar-refractivity contribution in [2.75, 3.05) is 32.7 Å². The van der Waals surface area contributed by atoms with E-state index in [0.29, 0.717) is 26.2 Å². The van der Waals surface area contributed by atoms with Crippen LogP contribution in [0.4, 0.5) is 13.2 Å². The zero-order chi connectivity index (χ0) is 14.6. The van der Waals surface area contributed by atoms with E-state index in [4.69, 9.17) is 5.84 Å². The molecular weight excluding hydrogens is 261 g/mol. The van der Waals surface area contributed by atoms with Crippen molar-refractivity contribution in [2.24, 2.45) is 11.8 Å². The van der Waals surface area contributed by atoms with E-state index in [2.05, 4.69) is 5.43 Å². The van der Waals surface area contributed by atoms with Gasteiger partial charge in [-0.3, -0.25) is 20.0 Å². The molecule has 1 heterocycles. The molecule has 8 heteroatoms. The molecule has 0 bridgehead atoms. The summed E-state index contributed by atoms with van der Waals surface area (Å²) in [5, 5.41) is 0. The standard InChI is InChI=1S/C11H21F3N4O/c1-8(2)9(10(19)16-15)18-5-3-17(4-6-18)7-11(12,13)14/h8-9H,3-7,15H2,1-2H3,(H,16,19). The van der Waals surface area contributed by atoms with Crippen molar-refractivity contribution in [1.29, 1.82) is 0 Å². The molecule has 1 rings (SSSR count). The summed E-state index contributed by atoms with van der Waals surface area (Å²) in [7, 11) is 0. The van der Waals surface area contributed by atoms with E-state index in [1.54, 1.807) is 0 Å². The summed E-state index contributed by atoms with van der Waals surface area (Å²) in [5.41, 5.74) is 2.12. The Morgan fingerprint density at radius 3 is 2.16 bits per heavy atom. The molecule has 1 atom stereocenters. The number of hydrogen-bond donors (Lipinski definition) is 2. The summed E-state index contributed by atoms with van der Waals surface area (Å²) in [5.74, 6) is 4.90. The molecule has 112 valence electrons. The number of halogens is 3. The third kappa shape index (κ3) is 4.96. The number of nitrogens with one attached hydrogen (secondary N) is 1. The fourth-order valence-corrected chi connectivity index (χ4v) is 2.43. The molecule has 1 aliphatic rings. The average molecular weight is 282 g/mol. The summed E-state index contributed by atoms with van der Waals surface area (Å²) >= 11 is 0. The van der Waals surface area contributed by atoms with Crippen LogP contribution in [0.3, 0.4) is 0 Å². The van der Waals surface area contributed by atoms with Crippen molar-refractivity contribution in [3.63, 3.8) is 0 Å². The van der Waals surface area contributed by atoms with Gasteiger partial charge in [0.15, 0.2) is 0 Å². The number of carbonyl (C=O) groups excluding carboxylic acids is 1. The average Bonchev–Trinajstić information content (AvgIpc) is 2.29. The molecule has 1 saturated heterocycles. The van der Waals surface area contributed by atoms with Crippen molar-refractivity contribution < 1.29 is 18.0 Å². The second-order valence-corrected chi connectivity index (χ2v) is 5.12. The number of nitrogens with zero attached hydrogens (tertiary/aromatic N) is 2. The monoisotopic (exact) mass is 282 g/mol. The molecule has 0 aromatic heterocycles. The Labute approximate surface area is 110 Å². The highest BCUT2D eigenvalue weighted by molar-refractivity contribution is 5.81. The summed E-state index contributed by atoms with van der Waals surface area (Å²) in [4.78, 5) is 14.9. The molecule has 1 amide bonds. The third-order valence-corrected chi connectivity index (χ3v) is 3.25. The number of piperazine rings is 1. The lowest BCUT2D eigenvalue weighted by atomic mass is 10.0. The first kappa shape index (κ1) is 16.2. The van der Waals surface area contributed by atoms with E-state index in [1.165, 1.54) is 4.90 Å². The van der Waals surface area contributed by atoms with E-state index in [1.807, 2.05) is 18.7 Å². The number of amides is 1. The van der Waals surface area contributed by atoms with Crippen molar-refractivity contribution in [1.82, 2.24) is 15.2 Å². The van der Waals surface area contributed by atoms with Gasteiger partial charge in [0.2, 0.25) is 0 Å². The minimum absolute atomic E-state index is 0.0534. The summed E-state index contributed by atoms with van der Waals surface area (Å²) in [6.07, 6.45) is -4.17. The van der Waals surface area contributed by atoms with Gasteiger partial charge >= 0.3 is 6.18 Å². The summed E-state index contributed by atoms with van der Waals surface area (Å²) in [6, 6.07) is -0.391. The van der Waals surface area contributed by atoms with Crippen LogP contribution in [0.1, 0.15) is 13.8 Å². The maximum atomic E-state index is 12.3. The van der Waals surface area contributed by atoms with Crippen LogP contribution in [-0.4, -0.2) is 60.6 Å². The van der Waals surface area contributed by atoms with Crippen molar-refractivity contribution in [3.8, 4) is 0 Å². The molecule has 0 saturated carbocycles. The van der Waals surface area contributed by atoms with Crippen LogP contribution < -0.4 is 11.3 Å². The lowest BCUT2D eigenvalue weighted by molar-refractivity contribution is -0.151. The van der Waals surface area contributed by atoms with Crippen molar-refractivity contribution in [3.05, 3.63) is 0 Å². The van der Waals surface area contributed by atoms with Crippen LogP contribution in [0, 0.1) is 5.92 Å². The highest BCUT2D eigenvalue weighted by Crippen LogP contribution is 2.19. The van der Waals surface area contributed by atoms with Crippen LogP contribution in [0.5, 0.6) is 0 Å². The number of hydrazine groups is 1. The minimum Gasteiger partial charge on any atom is -0.293 e. The van der Waals surface area contributed by atoms with Gasteiger partial charge in [-0.2, -0.15) is 13.2 Å². The second-order valence-electron chi connectivity index (χ2n) is 5.12. The van der Waals surface area contributed by atoms with Crippen LogP contribution in [0.15, 0.2) is 0 Å². The Kier molecular flexibility index (Phi) is 5.57. The van der Waals surface area contributed by atoms with Crippen molar-refractivity contribution >= 4 is 5.91 Å². The van der Waals surface area contributed by atoms with Crippen LogP contribution in [0.2, 0.25) is 0 Å². The minimum atomic E-state index is -4.17. The molecule has 0 aromatic carbocycles. The topological polar surface area (TPSA) is 61.6 Å². The normalized spacial score (nSPS) is 20.6. The molecular formula is C11H21F3N4O. The second kappa shape index (κ2) is 6.53. The van der Waals surface area contributed by atoms with E-state index < -0.39 is 18.8 Å². The van der Waals surface area contributed by atoms with Crippen molar-refractivity contribution in [2.45, 2.75) is 26.1 Å². The van der Waals surface area contributed by atoms with Gasteiger partial charge in [-0.25, -0.2) is 5.84 Å². The zero-order valence-corrected chi connectivity index (χ0v) is 11.2. The summed E-state index contributed by atoms with van der Waals surface area (Å²) < 4.78 is 36.8. The SMILES string of the molecule is CC(C)C(C(=O)NN)N1CCN(CC(F)(F)F)CC1. The lowest BCUT2D eigenvalue weighted by Crippen LogP contribution is -2.58. The van der Waals surface area contributed by atoms with Crippen LogP contribution in [-0.2, 0) is 4.79 Å². The fourth-order valence-electron chi connectivity index (χ4n) is 2.43. The molecule has 0 aliphatic carbocycles. The Morgan fingerprint density at radius 1 is 1.26 bits per heavy atom. The zero-order valence-electron chi connectivity index (χ0n) is 11.2. The van der Waals surface area contributed by atoms with Gasteiger partial charge in [-0.1, -0.05) is 13.8 Å². The molecule has 0 spiro atoms. The number of rotatable bonds is 4. The molecule has 5 nitrogen and oxygen atoms in total. The molecule has 1 fully saturated rings. The van der Waals surface area contributed by atoms with Gasteiger partial charge in [-0.05, 0) is 5.92 Å². The molecule has 19 heavy (non-hydrogen) atoms. The first-order valence-electron chi connectivity index (χ1n) is 6.28. The fraction of sp³-hybridized carbons (Fsp3) is 0.909. The van der Waals surface area contributed by atoms with Gasteiger partial charge in [0.05, 0.1) is 12.6 Å². The predicted molar refractivity (Wildman–Crippen MR) is 65.0 cm³/mol.